The van der Waals surface area contributed by atoms with Crippen molar-refractivity contribution in [3.63, 3.8) is 0 Å². The Balaban J connectivity index is 1.44. The maximum Gasteiger partial charge on any atom is 0.224 e. The first-order valence-electron chi connectivity index (χ1n) is 8.96. The first-order chi connectivity index (χ1) is 12.2. The number of methoxy groups -OCH3 is 1. The van der Waals surface area contributed by atoms with Gasteiger partial charge in [-0.2, -0.15) is 0 Å². The molecule has 2 aromatic carbocycles. The molecule has 0 saturated carbocycles. The number of carbonyl (C=O) groups is 1. The fraction of sp³-hybridized carbons (Fsp3) is 0.381. The zero-order valence-electron chi connectivity index (χ0n) is 14.8. The maximum absolute atomic E-state index is 12.1. The minimum Gasteiger partial charge on any atom is -0.380 e. The summed E-state index contributed by atoms with van der Waals surface area (Å²) in [6.45, 7) is 1.95. The molecule has 0 aromatic heterocycles. The van der Waals surface area contributed by atoms with Gasteiger partial charge in [-0.15, -0.1) is 0 Å². The van der Waals surface area contributed by atoms with E-state index in [1.54, 1.807) is 7.11 Å². The van der Waals surface area contributed by atoms with Crippen LogP contribution in [0, 0.1) is 0 Å². The molecule has 1 saturated heterocycles. The molecule has 0 aliphatic carbocycles. The summed E-state index contributed by atoms with van der Waals surface area (Å²) < 4.78 is 5.41. The summed E-state index contributed by atoms with van der Waals surface area (Å²) in [6.07, 6.45) is 3.72. The van der Waals surface area contributed by atoms with Crippen LogP contribution in [0.15, 0.2) is 54.6 Å². The topological polar surface area (TPSA) is 41.6 Å². The lowest BCUT2D eigenvalue weighted by atomic mass is 10.1. The third kappa shape index (κ3) is 5.07. The minimum atomic E-state index is 0.0734. The van der Waals surface area contributed by atoms with Crippen molar-refractivity contribution >= 4 is 17.3 Å². The Labute approximate surface area is 149 Å². The molecule has 1 amide bonds. The highest BCUT2D eigenvalue weighted by molar-refractivity contribution is 5.90. The van der Waals surface area contributed by atoms with Gasteiger partial charge in [-0.3, -0.25) is 4.79 Å². The molecule has 25 heavy (non-hydrogen) atoms. The summed E-state index contributed by atoms with van der Waals surface area (Å²) in [4.78, 5) is 14.4. The molecule has 0 unspecified atom stereocenters. The molecule has 3 rings (SSSR count). The molecule has 1 aliphatic rings. The molecular weight excluding hydrogens is 312 g/mol. The number of nitrogens with zero attached hydrogens (tertiary/aromatic N) is 1. The van der Waals surface area contributed by atoms with Crippen LogP contribution in [0.1, 0.15) is 24.8 Å². The molecular formula is C21H26N2O2. The molecule has 4 heteroatoms. The molecule has 1 aliphatic heterocycles. The van der Waals surface area contributed by atoms with Gasteiger partial charge in [0.05, 0.1) is 6.10 Å². The number of ether oxygens (including phenoxy) is 1. The summed E-state index contributed by atoms with van der Waals surface area (Å²) >= 11 is 0. The highest BCUT2D eigenvalue weighted by Crippen LogP contribution is 2.23. The van der Waals surface area contributed by atoms with E-state index in [1.807, 2.05) is 30.3 Å². The average Bonchev–Trinajstić information content (AvgIpc) is 3.12. The van der Waals surface area contributed by atoms with E-state index in [4.69, 9.17) is 4.74 Å². The molecule has 1 heterocycles. The summed E-state index contributed by atoms with van der Waals surface area (Å²) in [5.74, 6) is 0.0734. The van der Waals surface area contributed by atoms with Crippen molar-refractivity contribution in [1.82, 2.24) is 0 Å². The van der Waals surface area contributed by atoms with Gasteiger partial charge < -0.3 is 15.0 Å². The Morgan fingerprint density at radius 1 is 1.16 bits per heavy atom. The number of hydrogen-bond acceptors (Lipinski definition) is 3. The van der Waals surface area contributed by atoms with Crippen molar-refractivity contribution in [2.75, 3.05) is 30.4 Å². The first kappa shape index (κ1) is 17.5. The Morgan fingerprint density at radius 3 is 2.60 bits per heavy atom. The highest BCUT2D eigenvalue weighted by atomic mass is 16.5. The van der Waals surface area contributed by atoms with Crippen LogP contribution in [0.3, 0.4) is 0 Å². The molecule has 4 nitrogen and oxygen atoms in total. The van der Waals surface area contributed by atoms with Crippen LogP contribution in [-0.4, -0.2) is 32.2 Å². The van der Waals surface area contributed by atoms with E-state index in [1.165, 1.54) is 11.3 Å². The summed E-state index contributed by atoms with van der Waals surface area (Å²) in [5, 5.41) is 2.98. The number of amides is 1. The Morgan fingerprint density at radius 2 is 1.92 bits per heavy atom. The predicted octanol–water partition coefficient (Wildman–Crippen LogP) is 3.87. The van der Waals surface area contributed by atoms with Crippen LogP contribution in [0.2, 0.25) is 0 Å². The molecule has 0 spiro atoms. The monoisotopic (exact) mass is 338 g/mol. The normalized spacial score (nSPS) is 16.8. The summed E-state index contributed by atoms with van der Waals surface area (Å²) in [7, 11) is 1.77. The third-order valence-electron chi connectivity index (χ3n) is 4.71. The Bertz CT molecular complexity index is 670. The van der Waals surface area contributed by atoms with E-state index >= 15 is 0 Å². The largest absolute Gasteiger partial charge is 0.380 e. The summed E-state index contributed by atoms with van der Waals surface area (Å²) in [5.41, 5.74) is 3.32. The van der Waals surface area contributed by atoms with Gasteiger partial charge in [0.1, 0.15) is 0 Å². The molecule has 1 N–H and O–H groups in total. The number of anilines is 2. The first-order valence-corrected chi connectivity index (χ1v) is 8.96. The van der Waals surface area contributed by atoms with Crippen LogP contribution in [-0.2, 0) is 16.0 Å². The molecule has 0 bridgehead atoms. The second kappa shape index (κ2) is 8.67. The van der Waals surface area contributed by atoms with Crippen molar-refractivity contribution in [1.29, 1.82) is 0 Å². The van der Waals surface area contributed by atoms with Gasteiger partial charge in [-0.1, -0.05) is 30.3 Å². The van der Waals surface area contributed by atoms with Crippen LogP contribution in [0.5, 0.6) is 0 Å². The number of rotatable bonds is 7. The van der Waals surface area contributed by atoms with Gasteiger partial charge in [0.2, 0.25) is 5.91 Å². The Kier molecular flexibility index (Phi) is 6.07. The van der Waals surface area contributed by atoms with Crippen LogP contribution in [0.4, 0.5) is 11.4 Å². The lowest BCUT2D eigenvalue weighted by Gasteiger charge is -2.18. The van der Waals surface area contributed by atoms with Gasteiger partial charge in [0, 0.05) is 38.0 Å². The third-order valence-corrected chi connectivity index (χ3v) is 4.71. The van der Waals surface area contributed by atoms with E-state index in [2.05, 4.69) is 34.5 Å². The quantitative estimate of drug-likeness (QED) is 0.833. The smallest absolute Gasteiger partial charge is 0.224 e. The van der Waals surface area contributed by atoms with Gasteiger partial charge in [-0.05, 0) is 49.1 Å². The SMILES string of the molecule is CO[C@@H]1CCN(c2ccc(NC(=O)CCCc3ccccc3)cc2)C1. The highest BCUT2D eigenvalue weighted by Gasteiger charge is 2.22. The predicted molar refractivity (Wildman–Crippen MR) is 102 cm³/mol. The van der Waals surface area contributed by atoms with Crippen LogP contribution < -0.4 is 10.2 Å². The van der Waals surface area contributed by atoms with Crippen LogP contribution in [0.25, 0.3) is 0 Å². The van der Waals surface area contributed by atoms with Crippen molar-refractivity contribution < 1.29 is 9.53 Å². The van der Waals surface area contributed by atoms with Crippen molar-refractivity contribution in [3.8, 4) is 0 Å². The molecule has 132 valence electrons. The van der Waals surface area contributed by atoms with Gasteiger partial charge >= 0.3 is 0 Å². The number of nitrogens with one attached hydrogen (secondary N) is 1. The molecule has 0 radical (unpaired) electrons. The Hall–Kier alpha value is -2.33. The summed E-state index contributed by atoms with van der Waals surface area (Å²) in [6, 6.07) is 18.4. The van der Waals surface area contributed by atoms with Crippen molar-refractivity contribution in [2.24, 2.45) is 0 Å². The lowest BCUT2D eigenvalue weighted by Crippen LogP contribution is -2.22. The second-order valence-corrected chi connectivity index (χ2v) is 6.53. The average molecular weight is 338 g/mol. The number of carbonyl (C=O) groups excluding carboxylic acids is 1. The lowest BCUT2D eigenvalue weighted by molar-refractivity contribution is -0.116. The fourth-order valence-electron chi connectivity index (χ4n) is 3.23. The van der Waals surface area contributed by atoms with E-state index in [0.717, 1.165) is 38.0 Å². The second-order valence-electron chi connectivity index (χ2n) is 6.53. The van der Waals surface area contributed by atoms with E-state index in [9.17, 15) is 4.79 Å². The molecule has 1 fully saturated rings. The van der Waals surface area contributed by atoms with Gasteiger partial charge in [0.25, 0.3) is 0 Å². The number of hydrogen-bond donors (Lipinski definition) is 1. The van der Waals surface area contributed by atoms with Gasteiger partial charge in [-0.25, -0.2) is 0 Å². The number of benzene rings is 2. The van der Waals surface area contributed by atoms with Crippen molar-refractivity contribution in [3.05, 3.63) is 60.2 Å². The maximum atomic E-state index is 12.1. The molecule has 2 aromatic rings. The van der Waals surface area contributed by atoms with E-state index in [-0.39, 0.29) is 5.91 Å². The van der Waals surface area contributed by atoms with Crippen LogP contribution >= 0.6 is 0 Å². The van der Waals surface area contributed by atoms with Gasteiger partial charge in [0.15, 0.2) is 0 Å². The van der Waals surface area contributed by atoms with E-state index in [0.29, 0.717) is 12.5 Å². The standard InChI is InChI=1S/C21H26N2O2/c1-25-20-14-15-23(16-20)19-12-10-18(11-13-19)22-21(24)9-5-8-17-6-3-2-4-7-17/h2-4,6-7,10-13,20H,5,8-9,14-16H2,1H3,(H,22,24)/t20-/m1/s1. The molecule has 1 atom stereocenters. The number of aryl methyl sites for hydroxylation is 1. The van der Waals surface area contributed by atoms with Crippen molar-refractivity contribution in [2.45, 2.75) is 31.8 Å². The van der Waals surface area contributed by atoms with E-state index < -0.39 is 0 Å². The zero-order valence-corrected chi connectivity index (χ0v) is 14.8. The fourth-order valence-corrected chi connectivity index (χ4v) is 3.23. The minimum absolute atomic E-state index is 0.0734. The zero-order chi connectivity index (χ0) is 17.5.